The monoisotopic (exact) mass is 317 g/mol. The molecular formula is C15H16ClN5O. The first-order valence-corrected chi connectivity index (χ1v) is 7.44. The number of fused-ring (bicyclic) bond motifs is 1. The molecule has 0 aliphatic heterocycles. The van der Waals surface area contributed by atoms with Crippen LogP contribution in [0.5, 0.6) is 0 Å². The number of benzene rings is 1. The molecule has 22 heavy (non-hydrogen) atoms. The van der Waals surface area contributed by atoms with Gasteiger partial charge >= 0.3 is 0 Å². The fraction of sp³-hybridized carbons (Fsp3) is 0.267. The molecule has 0 spiro atoms. The van der Waals surface area contributed by atoms with Crippen LogP contribution in [-0.2, 0) is 17.9 Å². The van der Waals surface area contributed by atoms with Gasteiger partial charge in [-0.25, -0.2) is 4.98 Å². The summed E-state index contributed by atoms with van der Waals surface area (Å²) >= 11 is 5.95. The number of hydrogen-bond acceptors (Lipinski definition) is 3. The zero-order valence-electron chi connectivity index (χ0n) is 11.9. The highest BCUT2D eigenvalue weighted by Gasteiger charge is 2.06. The number of aromatic nitrogens is 4. The number of imidazole rings is 1. The summed E-state index contributed by atoms with van der Waals surface area (Å²) in [5.41, 5.74) is 0.982. The fourth-order valence-corrected chi connectivity index (χ4v) is 2.46. The van der Waals surface area contributed by atoms with Crippen LogP contribution >= 0.6 is 11.6 Å². The predicted molar refractivity (Wildman–Crippen MR) is 84.6 cm³/mol. The lowest BCUT2D eigenvalue weighted by molar-refractivity contribution is -0.121. The molecular weight excluding hydrogens is 302 g/mol. The molecule has 0 saturated carbocycles. The lowest BCUT2D eigenvalue weighted by atomic mass is 10.2. The Morgan fingerprint density at radius 3 is 3.05 bits per heavy atom. The number of carbonyl (C=O) groups excluding carboxylic acids is 1. The third kappa shape index (κ3) is 3.46. The zero-order valence-corrected chi connectivity index (χ0v) is 12.7. The standard InChI is InChI=1S/C15H16ClN5O/c16-13-1-2-14-12(9-13)10-19-21(14)6-3-15(22)18-5-8-20-7-4-17-11-20/h1-2,4,7,9-11H,3,5-6,8H2,(H,18,22). The number of halogens is 1. The van der Waals surface area contributed by atoms with Gasteiger partial charge in [-0.1, -0.05) is 11.6 Å². The maximum Gasteiger partial charge on any atom is 0.221 e. The summed E-state index contributed by atoms with van der Waals surface area (Å²) in [6, 6.07) is 5.61. The molecule has 114 valence electrons. The van der Waals surface area contributed by atoms with Gasteiger partial charge in [-0.15, -0.1) is 0 Å². The van der Waals surface area contributed by atoms with E-state index in [2.05, 4.69) is 15.4 Å². The van der Waals surface area contributed by atoms with Gasteiger partial charge in [-0.05, 0) is 18.2 Å². The molecule has 1 aromatic carbocycles. The van der Waals surface area contributed by atoms with E-state index in [0.29, 0.717) is 24.5 Å². The highest BCUT2D eigenvalue weighted by atomic mass is 35.5. The quantitative estimate of drug-likeness (QED) is 0.757. The van der Waals surface area contributed by atoms with E-state index in [-0.39, 0.29) is 5.91 Å². The Bertz CT molecular complexity index is 765. The van der Waals surface area contributed by atoms with Crippen LogP contribution in [0.2, 0.25) is 5.02 Å². The molecule has 3 aromatic rings. The molecule has 0 fully saturated rings. The molecule has 3 rings (SSSR count). The largest absolute Gasteiger partial charge is 0.354 e. The number of aryl methyl sites for hydroxylation is 1. The van der Waals surface area contributed by atoms with Gasteiger partial charge in [0.15, 0.2) is 0 Å². The average molecular weight is 318 g/mol. The van der Waals surface area contributed by atoms with Crippen LogP contribution in [0.25, 0.3) is 10.9 Å². The van der Waals surface area contributed by atoms with Gasteiger partial charge in [0, 0.05) is 42.3 Å². The lowest BCUT2D eigenvalue weighted by Crippen LogP contribution is -2.27. The summed E-state index contributed by atoms with van der Waals surface area (Å²) in [7, 11) is 0. The van der Waals surface area contributed by atoms with E-state index in [4.69, 9.17) is 11.6 Å². The summed E-state index contributed by atoms with van der Waals surface area (Å²) in [5.74, 6) is 0.0118. The molecule has 0 bridgehead atoms. The first-order chi connectivity index (χ1) is 10.7. The van der Waals surface area contributed by atoms with Crippen molar-refractivity contribution in [3.8, 4) is 0 Å². The van der Waals surface area contributed by atoms with Gasteiger partial charge < -0.3 is 9.88 Å². The molecule has 1 amide bonds. The van der Waals surface area contributed by atoms with Crippen molar-refractivity contribution in [1.29, 1.82) is 0 Å². The van der Waals surface area contributed by atoms with Crippen molar-refractivity contribution >= 4 is 28.4 Å². The highest BCUT2D eigenvalue weighted by molar-refractivity contribution is 6.31. The fourth-order valence-electron chi connectivity index (χ4n) is 2.28. The molecule has 7 heteroatoms. The van der Waals surface area contributed by atoms with Crippen molar-refractivity contribution < 1.29 is 4.79 Å². The van der Waals surface area contributed by atoms with E-state index in [1.54, 1.807) is 18.7 Å². The van der Waals surface area contributed by atoms with Crippen molar-refractivity contribution in [3.63, 3.8) is 0 Å². The van der Waals surface area contributed by atoms with Gasteiger partial charge in [0.05, 0.1) is 24.6 Å². The first-order valence-electron chi connectivity index (χ1n) is 7.06. The minimum Gasteiger partial charge on any atom is -0.354 e. The van der Waals surface area contributed by atoms with Gasteiger partial charge in [0.25, 0.3) is 0 Å². The number of amides is 1. The molecule has 2 aromatic heterocycles. The molecule has 0 atom stereocenters. The molecule has 0 unspecified atom stereocenters. The molecule has 0 aliphatic rings. The SMILES string of the molecule is O=C(CCn1ncc2cc(Cl)ccc21)NCCn1ccnc1. The molecule has 1 N–H and O–H groups in total. The van der Waals surface area contributed by atoms with Crippen molar-refractivity contribution in [1.82, 2.24) is 24.6 Å². The topological polar surface area (TPSA) is 64.7 Å². The minimum absolute atomic E-state index is 0.0118. The third-order valence-corrected chi connectivity index (χ3v) is 3.64. The maximum absolute atomic E-state index is 11.9. The second-order valence-corrected chi connectivity index (χ2v) is 5.41. The van der Waals surface area contributed by atoms with Crippen LogP contribution in [0.15, 0.2) is 43.1 Å². The number of hydrogen-bond donors (Lipinski definition) is 1. The van der Waals surface area contributed by atoms with E-state index in [9.17, 15) is 4.79 Å². The molecule has 0 saturated heterocycles. The summed E-state index contributed by atoms with van der Waals surface area (Å²) < 4.78 is 3.74. The number of rotatable bonds is 6. The number of nitrogens with one attached hydrogen (secondary N) is 1. The first kappa shape index (κ1) is 14.6. The van der Waals surface area contributed by atoms with Gasteiger partial charge in [-0.3, -0.25) is 9.48 Å². The smallest absolute Gasteiger partial charge is 0.221 e. The Labute approximate surface area is 132 Å². The van der Waals surface area contributed by atoms with E-state index in [1.165, 1.54) is 0 Å². The summed E-state index contributed by atoms with van der Waals surface area (Å²) in [6.07, 6.45) is 7.47. The minimum atomic E-state index is 0.0118. The second kappa shape index (κ2) is 6.62. The zero-order chi connectivity index (χ0) is 15.4. The van der Waals surface area contributed by atoms with E-state index < -0.39 is 0 Å². The normalized spacial score (nSPS) is 11.0. The van der Waals surface area contributed by atoms with Crippen LogP contribution in [0, 0.1) is 0 Å². The number of carbonyl (C=O) groups is 1. The Morgan fingerprint density at radius 1 is 1.32 bits per heavy atom. The molecule has 2 heterocycles. The van der Waals surface area contributed by atoms with E-state index in [0.717, 1.165) is 17.4 Å². The highest BCUT2D eigenvalue weighted by Crippen LogP contribution is 2.18. The molecule has 0 aliphatic carbocycles. The van der Waals surface area contributed by atoms with Crippen molar-refractivity contribution in [3.05, 3.63) is 48.1 Å². The Kier molecular flexibility index (Phi) is 4.39. The lowest BCUT2D eigenvalue weighted by Gasteiger charge is -2.07. The summed E-state index contributed by atoms with van der Waals surface area (Å²) in [5, 5.41) is 8.85. The van der Waals surface area contributed by atoms with Gasteiger partial charge in [-0.2, -0.15) is 5.10 Å². The second-order valence-electron chi connectivity index (χ2n) is 4.97. The van der Waals surface area contributed by atoms with E-state index >= 15 is 0 Å². The van der Waals surface area contributed by atoms with Crippen molar-refractivity contribution in [2.24, 2.45) is 0 Å². The van der Waals surface area contributed by atoms with E-state index in [1.807, 2.05) is 33.6 Å². The number of nitrogens with zero attached hydrogens (tertiary/aromatic N) is 4. The molecule has 0 radical (unpaired) electrons. The molecule has 6 nitrogen and oxygen atoms in total. The Balaban J connectivity index is 1.49. The van der Waals surface area contributed by atoms with Crippen molar-refractivity contribution in [2.45, 2.75) is 19.5 Å². The van der Waals surface area contributed by atoms with Crippen LogP contribution in [0.3, 0.4) is 0 Å². The van der Waals surface area contributed by atoms with Gasteiger partial charge in [0.2, 0.25) is 5.91 Å². The third-order valence-electron chi connectivity index (χ3n) is 3.41. The van der Waals surface area contributed by atoms with Gasteiger partial charge in [0.1, 0.15) is 0 Å². The van der Waals surface area contributed by atoms with Crippen molar-refractivity contribution in [2.75, 3.05) is 6.54 Å². The Morgan fingerprint density at radius 2 is 2.23 bits per heavy atom. The van der Waals surface area contributed by atoms with Crippen LogP contribution in [0.4, 0.5) is 0 Å². The summed E-state index contributed by atoms with van der Waals surface area (Å²) in [6.45, 7) is 1.85. The average Bonchev–Trinajstić information content (AvgIpc) is 3.14. The Hall–Kier alpha value is -2.34. The maximum atomic E-state index is 11.9. The van der Waals surface area contributed by atoms with Crippen LogP contribution < -0.4 is 5.32 Å². The van der Waals surface area contributed by atoms with Crippen LogP contribution in [0.1, 0.15) is 6.42 Å². The summed E-state index contributed by atoms with van der Waals surface area (Å²) in [4.78, 5) is 15.8. The van der Waals surface area contributed by atoms with Crippen LogP contribution in [-0.4, -0.2) is 31.8 Å². The predicted octanol–water partition coefficient (Wildman–Crippen LogP) is 2.09.